The van der Waals surface area contributed by atoms with Crippen LogP contribution in [-0.4, -0.2) is 24.7 Å². The maximum atomic E-state index is 12.0. The molecule has 1 N–H and O–H groups in total. The van der Waals surface area contributed by atoms with Gasteiger partial charge >= 0.3 is 7.75 Å². The van der Waals surface area contributed by atoms with E-state index in [2.05, 4.69) is 5.43 Å². The molecule has 1 saturated carbocycles. The molecule has 14 heavy (non-hydrogen) atoms. The van der Waals surface area contributed by atoms with Crippen LogP contribution in [0.2, 0.25) is 0 Å². The molecule has 1 saturated heterocycles. The van der Waals surface area contributed by atoms with Gasteiger partial charge in [-0.3, -0.25) is 9.05 Å². The summed E-state index contributed by atoms with van der Waals surface area (Å²) in [5.74, 6) is 0. The first-order valence-electron chi connectivity index (χ1n) is 4.97. The SMILES string of the molecule is COP(=O)(OC)N1NC12CCCCC2. The van der Waals surface area contributed by atoms with Gasteiger partial charge in [0.2, 0.25) is 0 Å². The maximum Gasteiger partial charge on any atom is 0.422 e. The number of rotatable bonds is 3. The Kier molecular flexibility index (Phi) is 2.70. The zero-order valence-corrected chi connectivity index (χ0v) is 9.55. The Balaban J connectivity index is 2.05. The highest BCUT2D eigenvalue weighted by Crippen LogP contribution is 2.61. The van der Waals surface area contributed by atoms with Crippen LogP contribution in [0, 0.1) is 0 Å². The second-order valence-corrected chi connectivity index (χ2v) is 5.92. The molecule has 0 amide bonds. The van der Waals surface area contributed by atoms with Gasteiger partial charge in [0.25, 0.3) is 0 Å². The molecular weight excluding hydrogens is 203 g/mol. The molecule has 2 fully saturated rings. The van der Waals surface area contributed by atoms with Gasteiger partial charge in [-0.25, -0.2) is 9.99 Å². The van der Waals surface area contributed by atoms with E-state index in [0.717, 1.165) is 12.8 Å². The minimum Gasteiger partial charge on any atom is -0.299 e. The Labute approximate surface area is 84.3 Å². The Hall–Kier alpha value is 0.0700. The number of nitrogens with zero attached hydrogens (tertiary/aromatic N) is 1. The smallest absolute Gasteiger partial charge is 0.299 e. The van der Waals surface area contributed by atoms with Crippen molar-refractivity contribution < 1.29 is 13.6 Å². The average Bonchev–Trinajstić information content (AvgIpc) is 2.93. The average molecular weight is 220 g/mol. The molecule has 0 aromatic rings. The lowest BCUT2D eigenvalue weighted by molar-refractivity contribution is 0.227. The minimum atomic E-state index is -3.05. The van der Waals surface area contributed by atoms with Gasteiger partial charge in [0.1, 0.15) is 5.66 Å². The van der Waals surface area contributed by atoms with Gasteiger partial charge in [0, 0.05) is 14.2 Å². The van der Waals surface area contributed by atoms with Crippen LogP contribution < -0.4 is 5.43 Å². The van der Waals surface area contributed by atoms with E-state index >= 15 is 0 Å². The van der Waals surface area contributed by atoms with Crippen LogP contribution >= 0.6 is 7.75 Å². The summed E-state index contributed by atoms with van der Waals surface area (Å²) in [6.07, 6.45) is 5.68. The van der Waals surface area contributed by atoms with Crippen molar-refractivity contribution >= 4 is 7.75 Å². The van der Waals surface area contributed by atoms with Gasteiger partial charge < -0.3 is 0 Å². The Morgan fingerprint density at radius 2 is 1.79 bits per heavy atom. The van der Waals surface area contributed by atoms with Gasteiger partial charge in [0.15, 0.2) is 0 Å². The van der Waals surface area contributed by atoms with Gasteiger partial charge in [-0.15, -0.1) is 4.78 Å². The van der Waals surface area contributed by atoms with Crippen LogP contribution in [0.15, 0.2) is 0 Å². The van der Waals surface area contributed by atoms with E-state index in [-0.39, 0.29) is 5.66 Å². The molecule has 1 atom stereocenters. The Morgan fingerprint density at radius 1 is 1.21 bits per heavy atom. The number of hydrogen-bond donors (Lipinski definition) is 1. The first kappa shape index (κ1) is 10.6. The first-order chi connectivity index (χ1) is 6.67. The van der Waals surface area contributed by atoms with Crippen molar-refractivity contribution in [3.8, 4) is 0 Å². The summed E-state index contributed by atoms with van der Waals surface area (Å²) >= 11 is 0. The molecule has 1 unspecified atom stereocenters. The molecular formula is C8H17N2O3P. The highest BCUT2D eigenvalue weighted by atomic mass is 31.2. The van der Waals surface area contributed by atoms with Crippen molar-refractivity contribution in [1.82, 2.24) is 10.2 Å². The monoisotopic (exact) mass is 220 g/mol. The Morgan fingerprint density at radius 3 is 2.29 bits per heavy atom. The van der Waals surface area contributed by atoms with Crippen molar-refractivity contribution in [3.63, 3.8) is 0 Å². The lowest BCUT2D eigenvalue weighted by Gasteiger charge is -2.22. The molecule has 0 aromatic carbocycles. The van der Waals surface area contributed by atoms with Crippen LogP contribution in [0.5, 0.6) is 0 Å². The minimum absolute atomic E-state index is 0.0974. The van der Waals surface area contributed by atoms with E-state index < -0.39 is 7.75 Å². The molecule has 82 valence electrons. The van der Waals surface area contributed by atoms with Crippen molar-refractivity contribution in [2.45, 2.75) is 37.8 Å². The standard InChI is InChI=1S/C8H17N2O3P/c1-12-14(11,13-2)10-8(9-10)6-4-3-5-7-8/h9H,3-7H2,1-2H3. The lowest BCUT2D eigenvalue weighted by atomic mass is 9.93. The van der Waals surface area contributed by atoms with E-state index in [0.29, 0.717) is 0 Å². The summed E-state index contributed by atoms with van der Waals surface area (Å²) in [5.41, 5.74) is 3.05. The van der Waals surface area contributed by atoms with Crippen LogP contribution in [0.1, 0.15) is 32.1 Å². The zero-order valence-electron chi connectivity index (χ0n) is 8.65. The largest absolute Gasteiger partial charge is 0.422 e. The third-order valence-electron chi connectivity index (χ3n) is 3.06. The molecule has 1 aliphatic heterocycles. The molecule has 0 aromatic heterocycles. The third kappa shape index (κ3) is 1.53. The van der Waals surface area contributed by atoms with Crippen LogP contribution in [0.25, 0.3) is 0 Å². The first-order valence-corrected chi connectivity index (χ1v) is 6.46. The maximum absolute atomic E-state index is 12.0. The summed E-state index contributed by atoms with van der Waals surface area (Å²) in [6.45, 7) is 0. The fourth-order valence-corrected chi connectivity index (χ4v) is 3.62. The van der Waals surface area contributed by atoms with Crippen molar-refractivity contribution in [1.29, 1.82) is 0 Å². The van der Waals surface area contributed by atoms with Crippen molar-refractivity contribution in [3.05, 3.63) is 0 Å². The summed E-state index contributed by atoms with van der Waals surface area (Å²) in [5, 5.41) is 0. The third-order valence-corrected chi connectivity index (χ3v) is 4.95. The molecule has 1 heterocycles. The molecule has 1 aliphatic carbocycles. The molecule has 0 bridgehead atoms. The van der Waals surface area contributed by atoms with Crippen LogP contribution in [0.3, 0.4) is 0 Å². The number of nitrogens with one attached hydrogen (secondary N) is 1. The summed E-state index contributed by atoms with van der Waals surface area (Å²) < 4.78 is 23.5. The highest BCUT2D eigenvalue weighted by Gasteiger charge is 2.61. The second kappa shape index (κ2) is 3.58. The predicted octanol–water partition coefficient (Wildman–Crippen LogP) is 1.87. The zero-order chi connectivity index (χ0) is 10.2. The van der Waals surface area contributed by atoms with E-state index in [1.807, 2.05) is 0 Å². The Bertz CT molecular complexity index is 257. The highest BCUT2D eigenvalue weighted by molar-refractivity contribution is 7.51. The summed E-state index contributed by atoms with van der Waals surface area (Å²) in [4.78, 5) is 0. The number of hydrazine groups is 1. The van der Waals surface area contributed by atoms with Gasteiger partial charge in [0.05, 0.1) is 0 Å². The van der Waals surface area contributed by atoms with Crippen molar-refractivity contribution in [2.24, 2.45) is 0 Å². The summed E-state index contributed by atoms with van der Waals surface area (Å²) in [6, 6.07) is 0. The predicted molar refractivity (Wildman–Crippen MR) is 52.4 cm³/mol. The molecule has 6 heteroatoms. The molecule has 0 radical (unpaired) electrons. The fraction of sp³-hybridized carbons (Fsp3) is 1.00. The van der Waals surface area contributed by atoms with Gasteiger partial charge in [-0.05, 0) is 12.8 Å². The van der Waals surface area contributed by atoms with Gasteiger partial charge in [-0.1, -0.05) is 19.3 Å². The van der Waals surface area contributed by atoms with Crippen LogP contribution in [0.4, 0.5) is 0 Å². The second-order valence-electron chi connectivity index (χ2n) is 3.85. The summed E-state index contributed by atoms with van der Waals surface area (Å²) in [7, 11) is -0.219. The lowest BCUT2D eigenvalue weighted by Crippen LogP contribution is -2.22. The normalized spacial score (nSPS) is 30.6. The molecule has 2 rings (SSSR count). The topological polar surface area (TPSA) is 60.5 Å². The van der Waals surface area contributed by atoms with E-state index in [9.17, 15) is 4.57 Å². The van der Waals surface area contributed by atoms with Gasteiger partial charge in [-0.2, -0.15) is 0 Å². The molecule has 2 aliphatic rings. The van der Waals surface area contributed by atoms with Crippen LogP contribution in [-0.2, 0) is 13.6 Å². The van der Waals surface area contributed by atoms with Crippen molar-refractivity contribution in [2.75, 3.05) is 14.2 Å². The fourth-order valence-electron chi connectivity index (χ4n) is 2.17. The van der Waals surface area contributed by atoms with E-state index in [1.165, 1.54) is 33.5 Å². The number of hydrogen-bond acceptors (Lipinski definition) is 4. The van der Waals surface area contributed by atoms with E-state index in [1.54, 1.807) is 4.78 Å². The quantitative estimate of drug-likeness (QED) is 0.581. The van der Waals surface area contributed by atoms with E-state index in [4.69, 9.17) is 9.05 Å². The molecule has 1 spiro atoms. The molecule has 5 nitrogen and oxygen atoms in total.